The highest BCUT2D eigenvalue weighted by Crippen LogP contribution is 2.55. The van der Waals surface area contributed by atoms with E-state index in [1.807, 2.05) is 0 Å². The van der Waals surface area contributed by atoms with Crippen LogP contribution in [0.4, 0.5) is 29.3 Å². The summed E-state index contributed by atoms with van der Waals surface area (Å²) in [6.07, 6.45) is -1.65. The van der Waals surface area contributed by atoms with Gasteiger partial charge in [0, 0.05) is 21.4 Å². The number of nitrogens with zero attached hydrogens (tertiary/aromatic N) is 2. The molecule has 0 N–H and O–H groups in total. The molecule has 1 saturated carbocycles. The molecule has 0 radical (unpaired) electrons. The molecule has 2 amide bonds. The second kappa shape index (κ2) is 8.95. The Morgan fingerprint density at radius 3 is 2.00 bits per heavy atom. The van der Waals surface area contributed by atoms with Crippen molar-refractivity contribution in [3.05, 3.63) is 88.4 Å². The molecule has 1 atom stereocenters. The summed E-state index contributed by atoms with van der Waals surface area (Å²) in [6.45, 7) is 0. The average Bonchev–Trinajstić information content (AvgIpc) is 3.37. The van der Waals surface area contributed by atoms with E-state index in [9.17, 15) is 18.0 Å². The SMILES string of the molecule is O=C1N(c2ccc(Cl)cc2)C(c2cccc(OC(F)(F)F)c2)C2(CCCC2)N1c1ccc(Cl)cc1. The van der Waals surface area contributed by atoms with E-state index in [1.165, 1.54) is 18.2 Å². The number of carbonyl (C=O) groups excluding carboxylic acids is 1. The molecule has 1 heterocycles. The van der Waals surface area contributed by atoms with Crippen LogP contribution in [0.15, 0.2) is 72.8 Å². The van der Waals surface area contributed by atoms with Gasteiger partial charge in [-0.25, -0.2) is 4.79 Å². The summed E-state index contributed by atoms with van der Waals surface area (Å²) >= 11 is 12.2. The highest BCUT2D eigenvalue weighted by molar-refractivity contribution is 6.31. The van der Waals surface area contributed by atoms with Crippen molar-refractivity contribution in [3.8, 4) is 5.75 Å². The monoisotopic (exact) mass is 520 g/mol. The minimum Gasteiger partial charge on any atom is -0.406 e. The molecule has 3 aromatic rings. The van der Waals surface area contributed by atoms with E-state index >= 15 is 0 Å². The Bertz CT molecular complexity index is 1230. The van der Waals surface area contributed by atoms with Crippen molar-refractivity contribution in [1.82, 2.24) is 0 Å². The first-order valence-corrected chi connectivity index (χ1v) is 11.9. The second-order valence-corrected chi connectivity index (χ2v) is 9.65. The summed E-state index contributed by atoms with van der Waals surface area (Å²) < 4.78 is 43.2. The Labute approximate surface area is 210 Å². The first-order valence-electron chi connectivity index (χ1n) is 11.2. The zero-order valence-corrected chi connectivity index (χ0v) is 19.9. The van der Waals surface area contributed by atoms with Crippen molar-refractivity contribution in [2.45, 2.75) is 43.6 Å². The van der Waals surface area contributed by atoms with E-state index in [2.05, 4.69) is 4.74 Å². The van der Waals surface area contributed by atoms with Crippen LogP contribution in [0.5, 0.6) is 5.75 Å². The summed E-state index contributed by atoms with van der Waals surface area (Å²) in [7, 11) is 0. The minimum absolute atomic E-state index is 0.260. The fraction of sp³-hybridized carbons (Fsp3) is 0.269. The number of anilines is 2. The van der Waals surface area contributed by atoms with Crippen LogP contribution in [0.25, 0.3) is 0 Å². The Kier molecular flexibility index (Phi) is 6.09. The zero-order chi connectivity index (χ0) is 24.8. The third kappa shape index (κ3) is 4.43. The number of urea groups is 1. The molecule has 0 bridgehead atoms. The predicted octanol–water partition coefficient (Wildman–Crippen LogP) is 8.39. The normalized spacial score (nSPS) is 19.6. The highest BCUT2D eigenvalue weighted by atomic mass is 35.5. The summed E-state index contributed by atoms with van der Waals surface area (Å²) in [5, 5.41) is 1.06. The van der Waals surface area contributed by atoms with Crippen LogP contribution in [0.1, 0.15) is 37.3 Å². The van der Waals surface area contributed by atoms with E-state index in [1.54, 1.807) is 64.4 Å². The van der Waals surface area contributed by atoms with Crippen molar-refractivity contribution in [2.75, 3.05) is 9.80 Å². The van der Waals surface area contributed by atoms with Crippen LogP contribution in [-0.4, -0.2) is 17.9 Å². The Morgan fingerprint density at radius 1 is 0.857 bits per heavy atom. The zero-order valence-electron chi connectivity index (χ0n) is 18.4. The Hall–Kier alpha value is -2.90. The van der Waals surface area contributed by atoms with Gasteiger partial charge in [-0.15, -0.1) is 13.2 Å². The van der Waals surface area contributed by atoms with Gasteiger partial charge < -0.3 is 4.74 Å². The lowest BCUT2D eigenvalue weighted by atomic mass is 9.82. The quantitative estimate of drug-likeness (QED) is 0.346. The van der Waals surface area contributed by atoms with Gasteiger partial charge in [0.1, 0.15) is 5.75 Å². The van der Waals surface area contributed by atoms with Gasteiger partial charge in [-0.1, -0.05) is 48.2 Å². The van der Waals surface area contributed by atoms with Crippen LogP contribution in [0.3, 0.4) is 0 Å². The van der Waals surface area contributed by atoms with Crippen LogP contribution < -0.4 is 14.5 Å². The van der Waals surface area contributed by atoms with Gasteiger partial charge in [-0.05, 0) is 79.1 Å². The molecule has 1 saturated heterocycles. The molecule has 1 aliphatic heterocycles. The van der Waals surface area contributed by atoms with Gasteiger partial charge in [0.15, 0.2) is 0 Å². The van der Waals surface area contributed by atoms with E-state index in [0.29, 0.717) is 39.8 Å². The van der Waals surface area contributed by atoms with Crippen LogP contribution >= 0.6 is 23.2 Å². The average molecular weight is 521 g/mol. The maximum Gasteiger partial charge on any atom is 0.573 e. The smallest absolute Gasteiger partial charge is 0.406 e. The first-order chi connectivity index (χ1) is 16.7. The molecule has 35 heavy (non-hydrogen) atoms. The van der Waals surface area contributed by atoms with Crippen LogP contribution in [0.2, 0.25) is 10.0 Å². The number of rotatable bonds is 4. The Balaban J connectivity index is 1.69. The number of halogens is 5. The van der Waals surface area contributed by atoms with Crippen LogP contribution in [0, 0.1) is 0 Å². The van der Waals surface area contributed by atoms with Gasteiger partial charge >= 0.3 is 12.4 Å². The molecule has 182 valence electrons. The van der Waals surface area contributed by atoms with Gasteiger partial charge in [0.25, 0.3) is 0 Å². The van der Waals surface area contributed by atoms with Gasteiger partial charge in [0.2, 0.25) is 0 Å². The van der Waals surface area contributed by atoms with Crippen molar-refractivity contribution >= 4 is 40.6 Å². The van der Waals surface area contributed by atoms with Crippen molar-refractivity contribution in [2.24, 2.45) is 0 Å². The molecule has 4 nitrogen and oxygen atoms in total. The third-order valence-electron chi connectivity index (χ3n) is 6.68. The molecular formula is C26H21Cl2F3N2O2. The van der Waals surface area contributed by atoms with Gasteiger partial charge in [-0.3, -0.25) is 9.80 Å². The molecule has 1 aliphatic carbocycles. The summed E-state index contributed by atoms with van der Waals surface area (Å²) in [5.74, 6) is -0.323. The van der Waals surface area contributed by atoms with Gasteiger partial charge in [0.05, 0.1) is 11.6 Å². The molecule has 9 heteroatoms. The number of carbonyl (C=O) groups is 1. The molecule has 3 aromatic carbocycles. The maximum atomic E-state index is 14.1. The topological polar surface area (TPSA) is 32.8 Å². The highest BCUT2D eigenvalue weighted by Gasteiger charge is 2.59. The van der Waals surface area contributed by atoms with Crippen molar-refractivity contribution < 1.29 is 22.7 Å². The summed E-state index contributed by atoms with van der Waals surface area (Å²) in [5.41, 5.74) is 1.19. The summed E-state index contributed by atoms with van der Waals surface area (Å²) in [4.78, 5) is 17.5. The number of amides is 2. The molecular weight excluding hydrogens is 500 g/mol. The molecule has 2 aliphatic rings. The lowest BCUT2D eigenvalue weighted by Gasteiger charge is -2.39. The fourth-order valence-corrected chi connectivity index (χ4v) is 5.67. The lowest BCUT2D eigenvalue weighted by molar-refractivity contribution is -0.274. The first kappa shape index (κ1) is 23.8. The molecule has 1 spiro atoms. The molecule has 1 unspecified atom stereocenters. The third-order valence-corrected chi connectivity index (χ3v) is 7.18. The van der Waals surface area contributed by atoms with E-state index in [0.717, 1.165) is 12.8 Å². The molecule has 5 rings (SSSR count). The fourth-order valence-electron chi connectivity index (χ4n) is 5.42. The number of benzene rings is 3. The maximum absolute atomic E-state index is 14.1. The largest absolute Gasteiger partial charge is 0.573 e. The summed E-state index contributed by atoms with van der Waals surface area (Å²) in [6, 6.07) is 19.0. The Morgan fingerprint density at radius 2 is 1.43 bits per heavy atom. The predicted molar refractivity (Wildman–Crippen MR) is 130 cm³/mol. The van der Waals surface area contributed by atoms with E-state index in [4.69, 9.17) is 23.2 Å². The number of alkyl halides is 3. The van der Waals surface area contributed by atoms with E-state index < -0.39 is 17.9 Å². The molecule has 0 aromatic heterocycles. The number of ether oxygens (including phenoxy) is 1. The second-order valence-electron chi connectivity index (χ2n) is 8.77. The van der Waals surface area contributed by atoms with Gasteiger partial charge in [-0.2, -0.15) is 0 Å². The van der Waals surface area contributed by atoms with E-state index in [-0.39, 0.29) is 11.8 Å². The number of hydrogen-bond acceptors (Lipinski definition) is 2. The van der Waals surface area contributed by atoms with Crippen molar-refractivity contribution in [3.63, 3.8) is 0 Å². The lowest BCUT2D eigenvalue weighted by Crippen LogP contribution is -2.46. The van der Waals surface area contributed by atoms with Crippen molar-refractivity contribution in [1.29, 1.82) is 0 Å². The molecule has 2 fully saturated rings. The minimum atomic E-state index is -4.82. The standard InChI is InChI=1S/C26H21Cl2F3N2O2/c27-18-6-10-20(11-7-18)32-23(17-4-3-5-22(16-17)35-26(29,30)31)25(14-1-2-15-25)33(24(32)34)21-12-8-19(28)9-13-21/h3-13,16,23H,1-2,14-15H2. The van der Waals surface area contributed by atoms with Crippen LogP contribution in [-0.2, 0) is 0 Å². The number of hydrogen-bond donors (Lipinski definition) is 0.